The van der Waals surface area contributed by atoms with E-state index < -0.39 is 0 Å². The van der Waals surface area contributed by atoms with Crippen molar-refractivity contribution in [2.45, 2.75) is 38.6 Å². The summed E-state index contributed by atoms with van der Waals surface area (Å²) in [5.74, 6) is 0.765. The van der Waals surface area contributed by atoms with Gasteiger partial charge < -0.3 is 10.6 Å². The summed E-state index contributed by atoms with van der Waals surface area (Å²) in [5, 5.41) is 5.53. The molecule has 1 rings (SSSR count). The molecule has 2 N–H and O–H groups in total. The van der Waals surface area contributed by atoms with Gasteiger partial charge in [-0.1, -0.05) is 19.8 Å². The Bertz CT molecular complexity index is 159. The topological polar surface area (TPSA) is 41.1 Å². The van der Waals surface area contributed by atoms with Crippen molar-refractivity contribution >= 4 is 6.03 Å². The van der Waals surface area contributed by atoms with E-state index in [-0.39, 0.29) is 6.03 Å². The standard InChI is InChI=1S/C9H18N2O/c1-7-4-3-5-8(6-7)11-9(12)10-2/h7-8H,3-6H2,1-2H3,(H2,10,11,12)/t7-,8+/m0/s1. The van der Waals surface area contributed by atoms with Crippen molar-refractivity contribution in [2.24, 2.45) is 5.92 Å². The van der Waals surface area contributed by atoms with Gasteiger partial charge in [0.25, 0.3) is 0 Å². The third-order valence-corrected chi connectivity index (χ3v) is 2.50. The highest BCUT2D eigenvalue weighted by molar-refractivity contribution is 5.73. The fourth-order valence-corrected chi connectivity index (χ4v) is 1.82. The van der Waals surface area contributed by atoms with Crippen molar-refractivity contribution in [2.75, 3.05) is 7.05 Å². The van der Waals surface area contributed by atoms with Gasteiger partial charge in [-0.05, 0) is 18.8 Å². The van der Waals surface area contributed by atoms with Gasteiger partial charge in [-0.3, -0.25) is 0 Å². The number of hydrogen-bond acceptors (Lipinski definition) is 1. The molecular formula is C9H18N2O. The summed E-state index contributed by atoms with van der Waals surface area (Å²) in [5.41, 5.74) is 0. The molecule has 0 aromatic carbocycles. The third kappa shape index (κ3) is 2.72. The van der Waals surface area contributed by atoms with Gasteiger partial charge >= 0.3 is 6.03 Å². The van der Waals surface area contributed by atoms with Crippen LogP contribution in [0.15, 0.2) is 0 Å². The number of urea groups is 1. The van der Waals surface area contributed by atoms with E-state index in [4.69, 9.17) is 0 Å². The van der Waals surface area contributed by atoms with Crippen LogP contribution in [0.3, 0.4) is 0 Å². The first-order valence-corrected chi connectivity index (χ1v) is 4.70. The second kappa shape index (κ2) is 4.33. The van der Waals surface area contributed by atoms with E-state index >= 15 is 0 Å². The molecule has 12 heavy (non-hydrogen) atoms. The van der Waals surface area contributed by atoms with Crippen LogP contribution in [0.4, 0.5) is 4.79 Å². The maximum absolute atomic E-state index is 11.0. The van der Waals surface area contributed by atoms with Crippen LogP contribution in [0, 0.1) is 5.92 Å². The number of nitrogens with one attached hydrogen (secondary N) is 2. The average Bonchev–Trinajstić information content (AvgIpc) is 2.04. The monoisotopic (exact) mass is 170 g/mol. The molecule has 0 saturated heterocycles. The highest BCUT2D eigenvalue weighted by atomic mass is 16.2. The first-order valence-electron chi connectivity index (χ1n) is 4.70. The lowest BCUT2D eigenvalue weighted by Gasteiger charge is -2.27. The van der Waals surface area contributed by atoms with Crippen molar-refractivity contribution in [1.29, 1.82) is 0 Å². The van der Waals surface area contributed by atoms with Gasteiger partial charge in [-0.2, -0.15) is 0 Å². The maximum Gasteiger partial charge on any atom is 0.314 e. The Morgan fingerprint density at radius 3 is 2.75 bits per heavy atom. The molecule has 1 fully saturated rings. The van der Waals surface area contributed by atoms with Gasteiger partial charge in [0.15, 0.2) is 0 Å². The zero-order valence-corrected chi connectivity index (χ0v) is 7.89. The van der Waals surface area contributed by atoms with E-state index in [1.807, 2.05) is 0 Å². The minimum Gasteiger partial charge on any atom is -0.341 e. The van der Waals surface area contributed by atoms with Gasteiger partial charge in [0.2, 0.25) is 0 Å². The van der Waals surface area contributed by atoms with Gasteiger partial charge in [0, 0.05) is 13.1 Å². The van der Waals surface area contributed by atoms with Crippen molar-refractivity contribution in [3.8, 4) is 0 Å². The molecule has 0 aromatic heterocycles. The Labute approximate surface area is 73.9 Å². The summed E-state index contributed by atoms with van der Waals surface area (Å²) in [4.78, 5) is 11.0. The average molecular weight is 170 g/mol. The molecule has 0 aromatic rings. The summed E-state index contributed by atoms with van der Waals surface area (Å²) in [6.45, 7) is 2.25. The summed E-state index contributed by atoms with van der Waals surface area (Å²) in [6.07, 6.45) is 4.83. The van der Waals surface area contributed by atoms with Crippen LogP contribution in [0.2, 0.25) is 0 Å². The first-order chi connectivity index (χ1) is 5.72. The largest absolute Gasteiger partial charge is 0.341 e. The predicted octanol–water partition coefficient (Wildman–Crippen LogP) is 1.49. The molecule has 0 bridgehead atoms. The number of rotatable bonds is 1. The van der Waals surface area contributed by atoms with Crippen LogP contribution in [0.25, 0.3) is 0 Å². The zero-order valence-electron chi connectivity index (χ0n) is 7.89. The van der Waals surface area contributed by atoms with E-state index in [2.05, 4.69) is 17.6 Å². The summed E-state index contributed by atoms with van der Waals surface area (Å²) >= 11 is 0. The molecule has 3 nitrogen and oxygen atoms in total. The predicted molar refractivity (Wildman–Crippen MR) is 49.0 cm³/mol. The Balaban J connectivity index is 2.27. The molecule has 0 heterocycles. The van der Waals surface area contributed by atoms with Gasteiger partial charge in [-0.25, -0.2) is 4.79 Å². The number of carbonyl (C=O) groups is 1. The Morgan fingerprint density at radius 2 is 2.17 bits per heavy atom. The second-order valence-electron chi connectivity index (χ2n) is 3.69. The van der Waals surface area contributed by atoms with E-state index in [9.17, 15) is 4.79 Å². The van der Waals surface area contributed by atoms with E-state index in [0.717, 1.165) is 18.8 Å². The minimum absolute atomic E-state index is 0.0471. The van der Waals surface area contributed by atoms with Crippen LogP contribution in [0.1, 0.15) is 32.6 Å². The van der Waals surface area contributed by atoms with Crippen molar-refractivity contribution in [3.63, 3.8) is 0 Å². The normalized spacial score (nSPS) is 29.5. The quantitative estimate of drug-likeness (QED) is 0.615. The molecule has 70 valence electrons. The lowest BCUT2D eigenvalue weighted by atomic mass is 9.87. The molecule has 0 unspecified atom stereocenters. The molecule has 2 atom stereocenters. The number of carbonyl (C=O) groups excluding carboxylic acids is 1. The van der Waals surface area contributed by atoms with E-state index in [1.54, 1.807) is 7.05 Å². The Hall–Kier alpha value is -0.730. The Morgan fingerprint density at radius 1 is 1.42 bits per heavy atom. The molecule has 1 aliphatic carbocycles. The molecule has 1 saturated carbocycles. The SMILES string of the molecule is CNC(=O)N[C@@H]1CCC[C@H](C)C1. The highest BCUT2D eigenvalue weighted by Gasteiger charge is 2.19. The van der Waals surface area contributed by atoms with Crippen molar-refractivity contribution in [3.05, 3.63) is 0 Å². The molecule has 2 amide bonds. The van der Waals surface area contributed by atoms with E-state index in [1.165, 1.54) is 12.8 Å². The second-order valence-corrected chi connectivity index (χ2v) is 3.69. The lowest BCUT2D eigenvalue weighted by molar-refractivity contribution is 0.229. The fourth-order valence-electron chi connectivity index (χ4n) is 1.82. The summed E-state index contributed by atoms with van der Waals surface area (Å²) in [7, 11) is 1.65. The van der Waals surface area contributed by atoms with Crippen LogP contribution >= 0.6 is 0 Å². The van der Waals surface area contributed by atoms with Gasteiger partial charge in [0.1, 0.15) is 0 Å². The lowest BCUT2D eigenvalue weighted by Crippen LogP contribution is -2.42. The minimum atomic E-state index is -0.0471. The van der Waals surface area contributed by atoms with Crippen LogP contribution in [-0.4, -0.2) is 19.1 Å². The van der Waals surface area contributed by atoms with E-state index in [0.29, 0.717) is 6.04 Å². The Kier molecular flexibility index (Phi) is 3.38. The number of hydrogen-bond donors (Lipinski definition) is 2. The molecule has 0 aliphatic heterocycles. The molecular weight excluding hydrogens is 152 g/mol. The molecule has 1 aliphatic rings. The smallest absolute Gasteiger partial charge is 0.314 e. The summed E-state index contributed by atoms with van der Waals surface area (Å²) in [6, 6.07) is 0.350. The van der Waals surface area contributed by atoms with Crippen LogP contribution in [-0.2, 0) is 0 Å². The third-order valence-electron chi connectivity index (χ3n) is 2.50. The highest BCUT2D eigenvalue weighted by Crippen LogP contribution is 2.23. The molecule has 3 heteroatoms. The van der Waals surface area contributed by atoms with Gasteiger partial charge in [-0.15, -0.1) is 0 Å². The van der Waals surface area contributed by atoms with Crippen molar-refractivity contribution in [1.82, 2.24) is 10.6 Å². The fraction of sp³-hybridized carbons (Fsp3) is 0.889. The molecule has 0 radical (unpaired) electrons. The van der Waals surface area contributed by atoms with Gasteiger partial charge in [0.05, 0.1) is 0 Å². The van der Waals surface area contributed by atoms with Crippen LogP contribution < -0.4 is 10.6 Å². The molecule has 0 spiro atoms. The number of amides is 2. The van der Waals surface area contributed by atoms with Crippen LogP contribution in [0.5, 0.6) is 0 Å². The maximum atomic E-state index is 11.0. The van der Waals surface area contributed by atoms with Crippen molar-refractivity contribution < 1.29 is 4.79 Å². The zero-order chi connectivity index (χ0) is 8.97. The first kappa shape index (κ1) is 9.36. The summed E-state index contributed by atoms with van der Waals surface area (Å²) < 4.78 is 0.